The number of nitrogens with zero attached hydrogens (tertiary/aromatic N) is 4. The van der Waals surface area contributed by atoms with E-state index in [1.807, 2.05) is 20.9 Å². The maximum Gasteiger partial charge on any atom is 0.138 e. The fourth-order valence-electron chi connectivity index (χ4n) is 2.36. The summed E-state index contributed by atoms with van der Waals surface area (Å²) in [4.78, 5) is 2.20. The van der Waals surface area contributed by atoms with Gasteiger partial charge in [-0.05, 0) is 27.3 Å². The summed E-state index contributed by atoms with van der Waals surface area (Å²) in [6.07, 6.45) is 0.884. The Labute approximate surface area is 124 Å². The smallest absolute Gasteiger partial charge is 0.138 e. The predicted octanol–water partition coefficient (Wildman–Crippen LogP) is 2.87. The zero-order valence-corrected chi connectivity index (χ0v) is 13.5. The van der Waals surface area contributed by atoms with Gasteiger partial charge in [0, 0.05) is 31.3 Å². The van der Waals surface area contributed by atoms with E-state index < -0.39 is 0 Å². The molecule has 0 aliphatic carbocycles. The fourth-order valence-corrected chi connectivity index (χ4v) is 2.57. The van der Waals surface area contributed by atoms with Gasteiger partial charge in [0.15, 0.2) is 0 Å². The lowest BCUT2D eigenvalue weighted by Gasteiger charge is -2.16. The van der Waals surface area contributed by atoms with Crippen LogP contribution < -0.4 is 0 Å². The first-order chi connectivity index (χ1) is 9.43. The zero-order chi connectivity index (χ0) is 14.9. The first-order valence-electron chi connectivity index (χ1n) is 6.74. The molecule has 2 rings (SSSR count). The van der Waals surface area contributed by atoms with Crippen molar-refractivity contribution in [3.8, 4) is 0 Å². The van der Waals surface area contributed by atoms with E-state index in [2.05, 4.69) is 29.1 Å². The number of aryl methyl sites for hydroxylation is 4. The highest BCUT2D eigenvalue weighted by Gasteiger charge is 2.17. The average Bonchev–Trinajstić information content (AvgIpc) is 2.86. The molecular formula is C14H21ClN4O. The largest absolute Gasteiger partial charge is 0.361 e. The van der Waals surface area contributed by atoms with E-state index in [1.165, 1.54) is 0 Å². The Morgan fingerprint density at radius 1 is 1.25 bits per heavy atom. The number of aromatic nitrogens is 3. The quantitative estimate of drug-likeness (QED) is 0.851. The lowest BCUT2D eigenvalue weighted by molar-refractivity contribution is 0.314. The van der Waals surface area contributed by atoms with E-state index in [0.717, 1.165) is 47.8 Å². The van der Waals surface area contributed by atoms with Crippen molar-refractivity contribution in [2.24, 2.45) is 7.05 Å². The summed E-state index contributed by atoms with van der Waals surface area (Å²) < 4.78 is 6.94. The highest BCUT2D eigenvalue weighted by molar-refractivity contribution is 6.30. The number of rotatable bonds is 5. The molecule has 5 nitrogen and oxygen atoms in total. The van der Waals surface area contributed by atoms with Crippen molar-refractivity contribution < 1.29 is 4.52 Å². The van der Waals surface area contributed by atoms with Gasteiger partial charge >= 0.3 is 0 Å². The molecule has 0 radical (unpaired) electrons. The fraction of sp³-hybridized carbons (Fsp3) is 0.571. The zero-order valence-electron chi connectivity index (χ0n) is 12.7. The summed E-state index contributed by atoms with van der Waals surface area (Å²) in [5.41, 5.74) is 4.25. The van der Waals surface area contributed by atoms with Crippen molar-refractivity contribution in [3.05, 3.63) is 33.4 Å². The molecule has 2 aromatic rings. The van der Waals surface area contributed by atoms with E-state index in [0.29, 0.717) is 5.15 Å². The van der Waals surface area contributed by atoms with Gasteiger partial charge in [-0.15, -0.1) is 0 Å². The molecule has 0 aliphatic heterocycles. The standard InChI is InChI=1S/C14H21ClN4O/c1-6-13-12(14(15)19(5)16-13)8-18(4)7-11-9(2)17-20-10(11)3/h6-8H2,1-5H3. The molecule has 0 bridgehead atoms. The molecule has 0 saturated heterocycles. The van der Waals surface area contributed by atoms with Gasteiger partial charge in [-0.2, -0.15) is 5.10 Å². The number of halogens is 1. The van der Waals surface area contributed by atoms with Gasteiger partial charge in [0.1, 0.15) is 10.9 Å². The predicted molar refractivity (Wildman–Crippen MR) is 78.7 cm³/mol. The molecule has 0 N–H and O–H groups in total. The average molecular weight is 297 g/mol. The van der Waals surface area contributed by atoms with Crippen LogP contribution in [0.4, 0.5) is 0 Å². The molecule has 0 atom stereocenters. The molecular weight excluding hydrogens is 276 g/mol. The van der Waals surface area contributed by atoms with Crippen molar-refractivity contribution >= 4 is 11.6 Å². The first-order valence-corrected chi connectivity index (χ1v) is 7.12. The Balaban J connectivity index is 2.14. The Morgan fingerprint density at radius 3 is 2.45 bits per heavy atom. The van der Waals surface area contributed by atoms with Crippen molar-refractivity contribution in [2.75, 3.05) is 7.05 Å². The maximum atomic E-state index is 6.32. The molecule has 110 valence electrons. The second-order valence-electron chi connectivity index (χ2n) is 5.17. The first kappa shape index (κ1) is 15.1. The summed E-state index contributed by atoms with van der Waals surface area (Å²) in [5.74, 6) is 0.877. The van der Waals surface area contributed by atoms with Crippen LogP contribution in [0.25, 0.3) is 0 Å². The van der Waals surface area contributed by atoms with Crippen LogP contribution in [0.5, 0.6) is 0 Å². The minimum absolute atomic E-state index is 0.715. The minimum atomic E-state index is 0.715. The van der Waals surface area contributed by atoms with E-state index in [4.69, 9.17) is 16.1 Å². The summed E-state index contributed by atoms with van der Waals surface area (Å²) in [6.45, 7) is 7.55. The van der Waals surface area contributed by atoms with Crippen LogP contribution in [0.2, 0.25) is 5.15 Å². The normalized spacial score (nSPS) is 11.6. The molecule has 0 aliphatic rings. The summed E-state index contributed by atoms with van der Waals surface area (Å²) in [6, 6.07) is 0. The van der Waals surface area contributed by atoms with Gasteiger partial charge in [0.25, 0.3) is 0 Å². The summed E-state index contributed by atoms with van der Waals surface area (Å²) in [7, 11) is 3.94. The van der Waals surface area contributed by atoms with Crippen LogP contribution in [0.3, 0.4) is 0 Å². The molecule has 0 amide bonds. The van der Waals surface area contributed by atoms with Crippen molar-refractivity contribution in [1.29, 1.82) is 0 Å². The van der Waals surface area contributed by atoms with Gasteiger partial charge in [-0.25, -0.2) is 0 Å². The summed E-state index contributed by atoms with van der Waals surface area (Å²) in [5, 5.41) is 9.14. The molecule has 6 heteroatoms. The van der Waals surface area contributed by atoms with Gasteiger partial charge in [0.2, 0.25) is 0 Å². The summed E-state index contributed by atoms with van der Waals surface area (Å²) >= 11 is 6.32. The lowest BCUT2D eigenvalue weighted by Crippen LogP contribution is -2.18. The van der Waals surface area contributed by atoms with Crippen LogP contribution in [0, 0.1) is 13.8 Å². The molecule has 0 unspecified atom stereocenters. The Bertz CT molecular complexity index is 583. The third kappa shape index (κ3) is 2.88. The van der Waals surface area contributed by atoms with Crippen LogP contribution in [-0.2, 0) is 26.6 Å². The van der Waals surface area contributed by atoms with E-state index in [-0.39, 0.29) is 0 Å². The van der Waals surface area contributed by atoms with Crippen molar-refractivity contribution in [3.63, 3.8) is 0 Å². The Kier molecular flexibility index (Phi) is 4.50. The van der Waals surface area contributed by atoms with Crippen LogP contribution in [-0.4, -0.2) is 26.9 Å². The molecule has 2 heterocycles. The van der Waals surface area contributed by atoms with Crippen molar-refractivity contribution in [2.45, 2.75) is 40.3 Å². The topological polar surface area (TPSA) is 47.1 Å². The highest BCUT2D eigenvalue weighted by Crippen LogP contribution is 2.23. The third-order valence-corrected chi connectivity index (χ3v) is 4.00. The van der Waals surface area contributed by atoms with Crippen LogP contribution in [0.1, 0.15) is 35.2 Å². The van der Waals surface area contributed by atoms with Gasteiger partial charge in [-0.1, -0.05) is 23.7 Å². The number of hydrogen-bond acceptors (Lipinski definition) is 4. The van der Waals surface area contributed by atoms with E-state index in [1.54, 1.807) is 4.68 Å². The molecule has 20 heavy (non-hydrogen) atoms. The molecule has 0 fully saturated rings. The third-order valence-electron chi connectivity index (χ3n) is 3.52. The monoisotopic (exact) mass is 296 g/mol. The molecule has 0 aromatic carbocycles. The van der Waals surface area contributed by atoms with Gasteiger partial charge < -0.3 is 4.52 Å². The van der Waals surface area contributed by atoms with Crippen molar-refractivity contribution in [1.82, 2.24) is 19.8 Å². The lowest BCUT2D eigenvalue weighted by atomic mass is 10.1. The van der Waals surface area contributed by atoms with E-state index >= 15 is 0 Å². The molecule has 0 spiro atoms. The Hall–Kier alpha value is -1.33. The molecule has 0 saturated carbocycles. The maximum absolute atomic E-state index is 6.32. The SMILES string of the molecule is CCc1nn(C)c(Cl)c1CN(C)Cc1c(C)noc1C. The van der Waals surface area contributed by atoms with Crippen LogP contribution >= 0.6 is 11.6 Å². The van der Waals surface area contributed by atoms with Crippen LogP contribution in [0.15, 0.2) is 4.52 Å². The second kappa shape index (κ2) is 5.97. The van der Waals surface area contributed by atoms with E-state index in [9.17, 15) is 0 Å². The van der Waals surface area contributed by atoms with Gasteiger partial charge in [-0.3, -0.25) is 9.58 Å². The highest BCUT2D eigenvalue weighted by atomic mass is 35.5. The van der Waals surface area contributed by atoms with Gasteiger partial charge in [0.05, 0.1) is 11.4 Å². The minimum Gasteiger partial charge on any atom is -0.361 e. The second-order valence-corrected chi connectivity index (χ2v) is 5.53. The Morgan fingerprint density at radius 2 is 1.90 bits per heavy atom. The number of hydrogen-bond donors (Lipinski definition) is 0. The molecule has 2 aromatic heterocycles.